The lowest BCUT2D eigenvalue weighted by molar-refractivity contribution is 0.193. The van der Waals surface area contributed by atoms with E-state index in [1.807, 2.05) is 6.07 Å². The molecule has 2 aliphatic rings. The maximum Gasteiger partial charge on any atom is 0.126 e. The molecule has 2 heteroatoms. The van der Waals surface area contributed by atoms with E-state index in [4.69, 9.17) is 0 Å². The zero-order valence-corrected chi connectivity index (χ0v) is 12.0. The molecule has 4 unspecified atom stereocenters. The van der Waals surface area contributed by atoms with E-state index in [9.17, 15) is 4.39 Å². The van der Waals surface area contributed by atoms with Crippen LogP contribution in [0.15, 0.2) is 18.2 Å². The molecule has 0 amide bonds. The number of fused-ring (bicyclic) bond motifs is 1. The standard InChI is InChI=1S/C17H24FN/c1-11-5-3-8-16(12(11)2)19-17-10-9-13-14(17)6-4-7-15(13)18/h4,6-7,11-12,16-17,19H,3,5,8-10H2,1-2H3. The predicted octanol–water partition coefficient (Wildman–Crippen LogP) is 4.23. The minimum atomic E-state index is -0.0214. The molecule has 1 saturated carbocycles. The molecule has 4 atom stereocenters. The molecule has 0 heterocycles. The third-order valence-electron chi connectivity index (χ3n) is 5.34. The largest absolute Gasteiger partial charge is 0.307 e. The fourth-order valence-electron chi connectivity index (χ4n) is 3.86. The van der Waals surface area contributed by atoms with Crippen molar-refractivity contribution in [3.63, 3.8) is 0 Å². The van der Waals surface area contributed by atoms with E-state index in [0.29, 0.717) is 12.1 Å². The SMILES string of the molecule is CC1CCCC(NC2CCc3c(F)cccc32)C1C. The molecule has 1 fully saturated rings. The van der Waals surface area contributed by atoms with Crippen LogP contribution in [-0.4, -0.2) is 6.04 Å². The molecule has 1 nitrogen and oxygen atoms in total. The van der Waals surface area contributed by atoms with Crippen molar-refractivity contribution in [1.82, 2.24) is 5.32 Å². The van der Waals surface area contributed by atoms with Crippen molar-refractivity contribution in [1.29, 1.82) is 0 Å². The van der Waals surface area contributed by atoms with E-state index >= 15 is 0 Å². The number of benzene rings is 1. The normalized spacial score (nSPS) is 34.3. The second-order valence-electron chi connectivity index (χ2n) is 6.44. The number of rotatable bonds is 2. The van der Waals surface area contributed by atoms with Crippen LogP contribution in [0.1, 0.15) is 56.7 Å². The Labute approximate surface area is 115 Å². The molecule has 2 aliphatic carbocycles. The summed E-state index contributed by atoms with van der Waals surface area (Å²) < 4.78 is 13.8. The molecule has 3 rings (SSSR count). The Morgan fingerprint density at radius 3 is 2.84 bits per heavy atom. The number of halogens is 1. The highest BCUT2D eigenvalue weighted by molar-refractivity contribution is 5.35. The molecule has 1 aromatic carbocycles. The lowest BCUT2D eigenvalue weighted by atomic mass is 9.77. The van der Waals surface area contributed by atoms with Crippen LogP contribution in [0.5, 0.6) is 0 Å². The van der Waals surface area contributed by atoms with Crippen molar-refractivity contribution >= 4 is 0 Å². The summed E-state index contributed by atoms with van der Waals surface area (Å²) in [5, 5.41) is 3.81. The molecule has 0 aliphatic heterocycles. The fraction of sp³-hybridized carbons (Fsp3) is 0.647. The Kier molecular flexibility index (Phi) is 3.62. The van der Waals surface area contributed by atoms with Crippen molar-refractivity contribution in [3.8, 4) is 0 Å². The lowest BCUT2D eigenvalue weighted by Gasteiger charge is -2.36. The molecule has 0 saturated heterocycles. The van der Waals surface area contributed by atoms with Gasteiger partial charge in [-0.3, -0.25) is 0 Å². The molecule has 104 valence electrons. The van der Waals surface area contributed by atoms with Gasteiger partial charge < -0.3 is 5.32 Å². The van der Waals surface area contributed by atoms with Crippen LogP contribution in [0.2, 0.25) is 0 Å². The van der Waals surface area contributed by atoms with Gasteiger partial charge in [-0.15, -0.1) is 0 Å². The maximum atomic E-state index is 13.8. The average molecular weight is 261 g/mol. The molecule has 0 radical (unpaired) electrons. The highest BCUT2D eigenvalue weighted by Crippen LogP contribution is 2.36. The molecule has 0 bridgehead atoms. The van der Waals surface area contributed by atoms with Gasteiger partial charge in [0, 0.05) is 12.1 Å². The minimum Gasteiger partial charge on any atom is -0.307 e. The zero-order valence-electron chi connectivity index (χ0n) is 12.0. The van der Waals surface area contributed by atoms with E-state index in [2.05, 4.69) is 25.2 Å². The first-order valence-corrected chi connectivity index (χ1v) is 7.70. The fourth-order valence-corrected chi connectivity index (χ4v) is 3.86. The maximum absolute atomic E-state index is 13.8. The van der Waals surface area contributed by atoms with Gasteiger partial charge in [0.1, 0.15) is 5.82 Å². The van der Waals surface area contributed by atoms with Crippen LogP contribution in [0, 0.1) is 17.7 Å². The molecule has 19 heavy (non-hydrogen) atoms. The van der Waals surface area contributed by atoms with Gasteiger partial charge in [0.05, 0.1) is 0 Å². The van der Waals surface area contributed by atoms with Crippen molar-refractivity contribution < 1.29 is 4.39 Å². The van der Waals surface area contributed by atoms with Gasteiger partial charge >= 0.3 is 0 Å². The van der Waals surface area contributed by atoms with Gasteiger partial charge in [-0.25, -0.2) is 4.39 Å². The van der Waals surface area contributed by atoms with E-state index in [1.54, 1.807) is 6.07 Å². The Morgan fingerprint density at radius 2 is 2.00 bits per heavy atom. The topological polar surface area (TPSA) is 12.0 Å². The average Bonchev–Trinajstić information content (AvgIpc) is 2.80. The summed E-state index contributed by atoms with van der Waals surface area (Å²) in [7, 11) is 0. The third-order valence-corrected chi connectivity index (χ3v) is 5.34. The Morgan fingerprint density at radius 1 is 1.16 bits per heavy atom. The van der Waals surface area contributed by atoms with Gasteiger partial charge in [-0.1, -0.05) is 38.8 Å². The van der Waals surface area contributed by atoms with Crippen LogP contribution in [-0.2, 0) is 6.42 Å². The van der Waals surface area contributed by atoms with Gasteiger partial charge in [0.2, 0.25) is 0 Å². The Hall–Kier alpha value is -0.890. The van der Waals surface area contributed by atoms with Crippen LogP contribution in [0.4, 0.5) is 4.39 Å². The monoisotopic (exact) mass is 261 g/mol. The van der Waals surface area contributed by atoms with Crippen molar-refractivity contribution in [2.24, 2.45) is 11.8 Å². The van der Waals surface area contributed by atoms with Crippen LogP contribution >= 0.6 is 0 Å². The molecule has 1 aromatic rings. The van der Waals surface area contributed by atoms with Crippen LogP contribution in [0.3, 0.4) is 0 Å². The quantitative estimate of drug-likeness (QED) is 0.840. The van der Waals surface area contributed by atoms with Gasteiger partial charge in [-0.05, 0) is 48.3 Å². The van der Waals surface area contributed by atoms with E-state index in [-0.39, 0.29) is 5.82 Å². The Balaban J connectivity index is 1.74. The van der Waals surface area contributed by atoms with Crippen LogP contribution in [0.25, 0.3) is 0 Å². The summed E-state index contributed by atoms with van der Waals surface area (Å²) in [4.78, 5) is 0. The van der Waals surface area contributed by atoms with Gasteiger partial charge in [0.15, 0.2) is 0 Å². The third kappa shape index (κ3) is 2.43. The first-order valence-electron chi connectivity index (χ1n) is 7.70. The summed E-state index contributed by atoms with van der Waals surface area (Å²) in [6.45, 7) is 4.73. The highest BCUT2D eigenvalue weighted by Gasteiger charge is 2.31. The second kappa shape index (κ2) is 5.24. The molecule has 0 aromatic heterocycles. The summed E-state index contributed by atoms with van der Waals surface area (Å²) in [6.07, 6.45) is 5.89. The van der Waals surface area contributed by atoms with Crippen molar-refractivity contribution in [2.75, 3.05) is 0 Å². The number of hydrogen-bond acceptors (Lipinski definition) is 1. The first kappa shape index (κ1) is 13.1. The minimum absolute atomic E-state index is 0.0214. The molecule has 0 spiro atoms. The van der Waals surface area contributed by atoms with Crippen molar-refractivity contribution in [2.45, 2.75) is 58.0 Å². The first-order chi connectivity index (χ1) is 9.16. The van der Waals surface area contributed by atoms with E-state index in [0.717, 1.165) is 30.2 Å². The highest BCUT2D eigenvalue weighted by atomic mass is 19.1. The predicted molar refractivity (Wildman–Crippen MR) is 76.6 cm³/mol. The molecular weight excluding hydrogens is 237 g/mol. The summed E-state index contributed by atoms with van der Waals surface area (Å²) in [5.74, 6) is 1.51. The Bertz CT molecular complexity index is 457. The van der Waals surface area contributed by atoms with E-state index < -0.39 is 0 Å². The molecule has 1 N–H and O–H groups in total. The van der Waals surface area contributed by atoms with Gasteiger partial charge in [-0.2, -0.15) is 0 Å². The summed E-state index contributed by atoms with van der Waals surface area (Å²) >= 11 is 0. The molecular formula is C17H24FN. The second-order valence-corrected chi connectivity index (χ2v) is 6.44. The number of nitrogens with one attached hydrogen (secondary N) is 1. The van der Waals surface area contributed by atoms with Crippen molar-refractivity contribution in [3.05, 3.63) is 35.1 Å². The smallest absolute Gasteiger partial charge is 0.126 e. The van der Waals surface area contributed by atoms with Gasteiger partial charge in [0.25, 0.3) is 0 Å². The zero-order chi connectivity index (χ0) is 13.4. The van der Waals surface area contributed by atoms with Crippen LogP contribution < -0.4 is 5.32 Å². The summed E-state index contributed by atoms with van der Waals surface area (Å²) in [6, 6.07) is 6.50. The number of hydrogen-bond donors (Lipinski definition) is 1. The summed E-state index contributed by atoms with van der Waals surface area (Å²) in [5.41, 5.74) is 2.14. The van der Waals surface area contributed by atoms with E-state index in [1.165, 1.54) is 24.8 Å². The lowest BCUT2D eigenvalue weighted by Crippen LogP contribution is -2.41.